The second-order valence-corrected chi connectivity index (χ2v) is 4.08. The third-order valence-corrected chi connectivity index (χ3v) is 3.33. The molecule has 2 nitrogen and oxygen atoms in total. The third-order valence-electron chi connectivity index (χ3n) is 3.33. The Balaban J connectivity index is 1.95. The molecule has 0 spiro atoms. The first-order chi connectivity index (χ1) is 5.77. The Labute approximate surface area is 73.3 Å². The molecule has 0 heterocycles. The van der Waals surface area contributed by atoms with Crippen molar-refractivity contribution in [1.29, 1.82) is 0 Å². The molecule has 0 N–H and O–H groups in total. The van der Waals surface area contributed by atoms with Crippen molar-refractivity contribution in [3.63, 3.8) is 0 Å². The van der Waals surface area contributed by atoms with Crippen molar-refractivity contribution in [1.82, 2.24) is 0 Å². The SMILES string of the molecule is CC(=O)O[C@@H]1CC[C@@H]2CCC[C@@H]21. The van der Waals surface area contributed by atoms with Gasteiger partial charge in [-0.15, -0.1) is 0 Å². The van der Waals surface area contributed by atoms with Crippen molar-refractivity contribution in [2.75, 3.05) is 0 Å². The fraction of sp³-hybridized carbons (Fsp3) is 0.900. The van der Waals surface area contributed by atoms with Crippen molar-refractivity contribution in [2.24, 2.45) is 11.8 Å². The van der Waals surface area contributed by atoms with Crippen molar-refractivity contribution in [3.8, 4) is 0 Å². The van der Waals surface area contributed by atoms with Gasteiger partial charge in [0.1, 0.15) is 6.10 Å². The standard InChI is InChI=1S/C10H16O2/c1-7(11)12-10-6-5-8-3-2-4-9(8)10/h8-10H,2-6H2,1H3/t8-,9-,10+/m0/s1. The van der Waals surface area contributed by atoms with Gasteiger partial charge in [0, 0.05) is 6.92 Å². The number of esters is 1. The highest BCUT2D eigenvalue weighted by Crippen LogP contribution is 2.45. The first-order valence-electron chi connectivity index (χ1n) is 4.94. The third kappa shape index (κ3) is 1.35. The molecule has 12 heavy (non-hydrogen) atoms. The lowest BCUT2D eigenvalue weighted by atomic mass is 9.99. The van der Waals surface area contributed by atoms with Crippen LogP contribution in [0.25, 0.3) is 0 Å². The lowest BCUT2D eigenvalue weighted by Gasteiger charge is -2.17. The van der Waals surface area contributed by atoms with E-state index in [9.17, 15) is 4.79 Å². The van der Waals surface area contributed by atoms with Gasteiger partial charge in [0.15, 0.2) is 0 Å². The minimum atomic E-state index is -0.104. The summed E-state index contributed by atoms with van der Waals surface area (Å²) in [5, 5.41) is 0. The van der Waals surface area contributed by atoms with Gasteiger partial charge < -0.3 is 4.74 Å². The van der Waals surface area contributed by atoms with Gasteiger partial charge >= 0.3 is 5.97 Å². The number of hydrogen-bond acceptors (Lipinski definition) is 2. The van der Waals surface area contributed by atoms with E-state index in [1.54, 1.807) is 0 Å². The van der Waals surface area contributed by atoms with Crippen LogP contribution in [0, 0.1) is 11.8 Å². The van der Waals surface area contributed by atoms with Gasteiger partial charge in [0.25, 0.3) is 0 Å². The van der Waals surface area contributed by atoms with Gasteiger partial charge in [-0.1, -0.05) is 12.8 Å². The highest BCUT2D eigenvalue weighted by molar-refractivity contribution is 5.66. The molecule has 0 aliphatic heterocycles. The topological polar surface area (TPSA) is 26.3 Å². The fourth-order valence-electron chi connectivity index (χ4n) is 2.87. The molecule has 2 fully saturated rings. The maximum absolute atomic E-state index is 10.8. The van der Waals surface area contributed by atoms with Crippen LogP contribution >= 0.6 is 0 Å². The molecular weight excluding hydrogens is 152 g/mol. The number of carbonyl (C=O) groups is 1. The highest BCUT2D eigenvalue weighted by Gasteiger charge is 2.40. The molecule has 2 aliphatic rings. The van der Waals surface area contributed by atoms with E-state index in [-0.39, 0.29) is 12.1 Å². The molecule has 2 aliphatic carbocycles. The smallest absolute Gasteiger partial charge is 0.302 e. The first kappa shape index (κ1) is 8.09. The van der Waals surface area contributed by atoms with Crippen LogP contribution in [0.3, 0.4) is 0 Å². The highest BCUT2D eigenvalue weighted by atomic mass is 16.5. The van der Waals surface area contributed by atoms with Crippen LogP contribution < -0.4 is 0 Å². The summed E-state index contributed by atoms with van der Waals surface area (Å²) in [4.78, 5) is 10.8. The Morgan fingerprint density at radius 2 is 2.08 bits per heavy atom. The molecule has 2 rings (SSSR count). The van der Waals surface area contributed by atoms with E-state index >= 15 is 0 Å². The van der Waals surface area contributed by atoms with Crippen LogP contribution in [0.2, 0.25) is 0 Å². The van der Waals surface area contributed by atoms with E-state index in [1.165, 1.54) is 32.6 Å². The summed E-state index contributed by atoms with van der Waals surface area (Å²) in [5.41, 5.74) is 0. The Hall–Kier alpha value is -0.530. The summed E-state index contributed by atoms with van der Waals surface area (Å²) < 4.78 is 5.29. The van der Waals surface area contributed by atoms with Gasteiger partial charge in [0.2, 0.25) is 0 Å². The number of rotatable bonds is 1. The average molecular weight is 168 g/mol. The van der Waals surface area contributed by atoms with Gasteiger partial charge in [-0.25, -0.2) is 0 Å². The monoisotopic (exact) mass is 168 g/mol. The molecule has 2 saturated carbocycles. The lowest BCUT2D eigenvalue weighted by Crippen LogP contribution is -2.21. The molecular formula is C10H16O2. The Bertz CT molecular complexity index is 188. The van der Waals surface area contributed by atoms with Crippen LogP contribution in [0.5, 0.6) is 0 Å². The van der Waals surface area contributed by atoms with E-state index in [2.05, 4.69) is 0 Å². The summed E-state index contributed by atoms with van der Waals surface area (Å²) >= 11 is 0. The summed E-state index contributed by atoms with van der Waals surface area (Å²) in [6, 6.07) is 0. The van der Waals surface area contributed by atoms with Gasteiger partial charge in [-0.05, 0) is 31.1 Å². The molecule has 0 radical (unpaired) electrons. The quantitative estimate of drug-likeness (QED) is 0.561. The van der Waals surface area contributed by atoms with Gasteiger partial charge in [-0.2, -0.15) is 0 Å². The zero-order valence-electron chi connectivity index (χ0n) is 7.58. The van der Waals surface area contributed by atoms with Crippen molar-refractivity contribution in [2.45, 2.75) is 45.1 Å². The maximum Gasteiger partial charge on any atom is 0.302 e. The van der Waals surface area contributed by atoms with Crippen LogP contribution in [0.1, 0.15) is 39.0 Å². The number of ether oxygens (including phenoxy) is 1. The molecule has 3 atom stereocenters. The second kappa shape index (κ2) is 3.08. The Kier molecular flexibility index (Phi) is 2.07. The molecule has 0 aromatic heterocycles. The van der Waals surface area contributed by atoms with E-state index < -0.39 is 0 Å². The zero-order chi connectivity index (χ0) is 8.55. The molecule has 0 unspecified atom stereocenters. The van der Waals surface area contributed by atoms with Crippen molar-refractivity contribution >= 4 is 5.97 Å². The predicted octanol–water partition coefficient (Wildman–Crippen LogP) is 2.13. The van der Waals surface area contributed by atoms with Crippen LogP contribution in [0.15, 0.2) is 0 Å². The number of fused-ring (bicyclic) bond motifs is 1. The average Bonchev–Trinajstić information content (AvgIpc) is 2.52. The zero-order valence-corrected chi connectivity index (χ0v) is 7.58. The fourth-order valence-corrected chi connectivity index (χ4v) is 2.87. The number of hydrogen-bond donors (Lipinski definition) is 0. The molecule has 0 aromatic carbocycles. The maximum atomic E-state index is 10.8. The normalized spacial score (nSPS) is 39.6. The van der Waals surface area contributed by atoms with E-state index in [0.717, 1.165) is 12.3 Å². The predicted molar refractivity (Wildman–Crippen MR) is 45.6 cm³/mol. The summed E-state index contributed by atoms with van der Waals surface area (Å²) in [6.45, 7) is 1.52. The van der Waals surface area contributed by atoms with E-state index in [4.69, 9.17) is 4.74 Å². The van der Waals surface area contributed by atoms with E-state index in [0.29, 0.717) is 5.92 Å². The second-order valence-electron chi connectivity index (χ2n) is 4.08. The van der Waals surface area contributed by atoms with Crippen molar-refractivity contribution in [3.05, 3.63) is 0 Å². The minimum Gasteiger partial charge on any atom is -0.462 e. The largest absolute Gasteiger partial charge is 0.462 e. The van der Waals surface area contributed by atoms with Crippen LogP contribution in [-0.2, 0) is 9.53 Å². The lowest BCUT2D eigenvalue weighted by molar-refractivity contribution is -0.148. The van der Waals surface area contributed by atoms with Gasteiger partial charge in [0.05, 0.1) is 0 Å². The first-order valence-corrected chi connectivity index (χ1v) is 4.94. The molecule has 0 amide bonds. The Morgan fingerprint density at radius 1 is 1.25 bits per heavy atom. The van der Waals surface area contributed by atoms with Crippen LogP contribution in [0.4, 0.5) is 0 Å². The van der Waals surface area contributed by atoms with E-state index in [1.807, 2.05) is 0 Å². The van der Waals surface area contributed by atoms with Gasteiger partial charge in [-0.3, -0.25) is 4.79 Å². The molecule has 0 saturated heterocycles. The molecule has 0 aromatic rings. The van der Waals surface area contributed by atoms with Crippen LogP contribution in [-0.4, -0.2) is 12.1 Å². The summed E-state index contributed by atoms with van der Waals surface area (Å²) in [7, 11) is 0. The number of carbonyl (C=O) groups excluding carboxylic acids is 1. The molecule has 2 heteroatoms. The van der Waals surface area contributed by atoms with Crippen molar-refractivity contribution < 1.29 is 9.53 Å². The minimum absolute atomic E-state index is 0.104. The molecule has 68 valence electrons. The Morgan fingerprint density at radius 3 is 2.83 bits per heavy atom. The summed E-state index contributed by atoms with van der Waals surface area (Å²) in [5.74, 6) is 1.47. The molecule has 0 bridgehead atoms. The summed E-state index contributed by atoms with van der Waals surface area (Å²) in [6.07, 6.45) is 6.63.